The first kappa shape index (κ1) is 14.7. The standard InChI is InChI=1S/C16H23BrO2/c1-18-13-8-9-14(16(11-13)19-2)15(17)10-12-6-4-3-5-7-12/h8-9,11-12,15H,3-7,10H2,1-2H3. The maximum atomic E-state index is 5.49. The number of rotatable bonds is 5. The molecule has 0 radical (unpaired) electrons. The van der Waals surface area contributed by atoms with Gasteiger partial charge in [0.1, 0.15) is 11.5 Å². The SMILES string of the molecule is COc1ccc(C(Br)CC2CCCCC2)c(OC)c1. The van der Waals surface area contributed by atoms with E-state index in [4.69, 9.17) is 9.47 Å². The third-order valence-electron chi connectivity index (χ3n) is 4.04. The molecule has 0 heterocycles. The lowest BCUT2D eigenvalue weighted by atomic mass is 9.85. The van der Waals surface area contributed by atoms with Crippen molar-refractivity contribution in [1.82, 2.24) is 0 Å². The Bertz CT molecular complexity index is 400. The number of hydrogen-bond acceptors (Lipinski definition) is 2. The van der Waals surface area contributed by atoms with Gasteiger partial charge in [0, 0.05) is 16.5 Å². The van der Waals surface area contributed by atoms with Gasteiger partial charge in [-0.15, -0.1) is 0 Å². The van der Waals surface area contributed by atoms with E-state index in [1.165, 1.54) is 44.1 Å². The van der Waals surface area contributed by atoms with E-state index < -0.39 is 0 Å². The van der Waals surface area contributed by atoms with Crippen molar-refractivity contribution in [2.75, 3.05) is 14.2 Å². The highest BCUT2D eigenvalue weighted by Gasteiger charge is 2.20. The molecule has 106 valence electrons. The minimum atomic E-state index is 0.372. The zero-order valence-corrected chi connectivity index (χ0v) is 13.4. The molecule has 0 aromatic heterocycles. The van der Waals surface area contributed by atoms with Gasteiger partial charge in [-0.2, -0.15) is 0 Å². The molecular formula is C16H23BrO2. The van der Waals surface area contributed by atoms with Crippen LogP contribution in [0.2, 0.25) is 0 Å². The lowest BCUT2D eigenvalue weighted by Gasteiger charge is -2.24. The molecule has 1 aliphatic rings. The molecule has 19 heavy (non-hydrogen) atoms. The molecule has 1 aliphatic carbocycles. The monoisotopic (exact) mass is 326 g/mol. The minimum absolute atomic E-state index is 0.372. The van der Waals surface area contributed by atoms with Crippen LogP contribution in [0.4, 0.5) is 0 Å². The first-order valence-electron chi connectivity index (χ1n) is 7.10. The molecule has 0 amide bonds. The molecule has 3 heteroatoms. The zero-order chi connectivity index (χ0) is 13.7. The summed E-state index contributed by atoms with van der Waals surface area (Å²) in [4.78, 5) is 0.372. The van der Waals surface area contributed by atoms with Crippen LogP contribution >= 0.6 is 15.9 Å². The first-order chi connectivity index (χ1) is 9.24. The smallest absolute Gasteiger partial charge is 0.126 e. The third kappa shape index (κ3) is 3.88. The summed E-state index contributed by atoms with van der Waals surface area (Å²) in [5, 5.41) is 0. The average Bonchev–Trinajstić information content (AvgIpc) is 2.47. The van der Waals surface area contributed by atoms with Gasteiger partial charge in [-0.1, -0.05) is 54.1 Å². The van der Waals surface area contributed by atoms with Gasteiger partial charge >= 0.3 is 0 Å². The molecule has 1 aromatic carbocycles. The highest BCUT2D eigenvalue weighted by Crippen LogP contribution is 2.40. The van der Waals surface area contributed by atoms with Gasteiger partial charge in [-0.3, -0.25) is 0 Å². The Labute approximate surface area is 124 Å². The van der Waals surface area contributed by atoms with Crippen LogP contribution in [0.25, 0.3) is 0 Å². The fourth-order valence-corrected chi connectivity index (χ4v) is 3.83. The minimum Gasteiger partial charge on any atom is -0.497 e. The number of alkyl halides is 1. The quantitative estimate of drug-likeness (QED) is 0.700. The fourth-order valence-electron chi connectivity index (χ4n) is 2.92. The molecule has 1 saturated carbocycles. The average molecular weight is 327 g/mol. The van der Waals surface area contributed by atoms with Gasteiger partial charge in [-0.25, -0.2) is 0 Å². The number of hydrogen-bond donors (Lipinski definition) is 0. The Balaban J connectivity index is 2.06. The predicted octanol–water partition coefficient (Wildman–Crippen LogP) is 5.11. The Morgan fingerprint density at radius 2 is 1.89 bits per heavy atom. The van der Waals surface area contributed by atoms with Gasteiger partial charge in [0.05, 0.1) is 14.2 Å². The highest BCUT2D eigenvalue weighted by atomic mass is 79.9. The summed E-state index contributed by atoms with van der Waals surface area (Å²) in [6.45, 7) is 0. The number of halogens is 1. The van der Waals surface area contributed by atoms with E-state index in [-0.39, 0.29) is 0 Å². The van der Waals surface area contributed by atoms with Crippen molar-refractivity contribution in [3.63, 3.8) is 0 Å². The van der Waals surface area contributed by atoms with Crippen LogP contribution < -0.4 is 9.47 Å². The molecule has 0 bridgehead atoms. The van der Waals surface area contributed by atoms with Gasteiger partial charge in [-0.05, 0) is 18.4 Å². The third-order valence-corrected chi connectivity index (χ3v) is 4.91. The summed E-state index contributed by atoms with van der Waals surface area (Å²) < 4.78 is 10.7. The van der Waals surface area contributed by atoms with Crippen molar-refractivity contribution in [1.29, 1.82) is 0 Å². The molecular weight excluding hydrogens is 304 g/mol. The summed E-state index contributed by atoms with van der Waals surface area (Å²) in [7, 11) is 3.40. The molecule has 0 N–H and O–H groups in total. The Morgan fingerprint density at radius 1 is 1.16 bits per heavy atom. The number of ether oxygens (including phenoxy) is 2. The molecule has 0 saturated heterocycles. The zero-order valence-electron chi connectivity index (χ0n) is 11.8. The molecule has 2 rings (SSSR count). The van der Waals surface area contributed by atoms with Gasteiger partial charge in [0.2, 0.25) is 0 Å². The van der Waals surface area contributed by atoms with Crippen LogP contribution in [0.1, 0.15) is 48.9 Å². The van der Waals surface area contributed by atoms with Crippen molar-refractivity contribution >= 4 is 15.9 Å². The molecule has 0 spiro atoms. The van der Waals surface area contributed by atoms with E-state index in [9.17, 15) is 0 Å². The Morgan fingerprint density at radius 3 is 2.53 bits per heavy atom. The summed E-state index contributed by atoms with van der Waals surface area (Å²) in [6, 6.07) is 6.08. The largest absolute Gasteiger partial charge is 0.497 e. The van der Waals surface area contributed by atoms with Crippen LogP contribution in [0, 0.1) is 5.92 Å². The molecule has 1 unspecified atom stereocenters. The number of methoxy groups -OCH3 is 2. The second-order valence-electron chi connectivity index (χ2n) is 5.32. The molecule has 1 aromatic rings. The van der Waals surface area contributed by atoms with Crippen molar-refractivity contribution < 1.29 is 9.47 Å². The summed E-state index contributed by atoms with van der Waals surface area (Å²) >= 11 is 3.84. The lowest BCUT2D eigenvalue weighted by Crippen LogP contribution is -2.09. The first-order valence-corrected chi connectivity index (χ1v) is 8.02. The van der Waals surface area contributed by atoms with Crippen molar-refractivity contribution in [2.45, 2.75) is 43.4 Å². The molecule has 1 atom stereocenters. The maximum Gasteiger partial charge on any atom is 0.126 e. The Kier molecular flexibility index (Phi) is 5.56. The van der Waals surface area contributed by atoms with Crippen LogP contribution in [0.15, 0.2) is 18.2 Å². The van der Waals surface area contributed by atoms with Crippen molar-refractivity contribution in [3.05, 3.63) is 23.8 Å². The van der Waals surface area contributed by atoms with E-state index in [0.29, 0.717) is 4.83 Å². The van der Waals surface area contributed by atoms with Gasteiger partial charge in [0.15, 0.2) is 0 Å². The second-order valence-corrected chi connectivity index (χ2v) is 6.42. The predicted molar refractivity (Wildman–Crippen MR) is 82.4 cm³/mol. The summed E-state index contributed by atoms with van der Waals surface area (Å²) in [5.41, 5.74) is 1.23. The fraction of sp³-hybridized carbons (Fsp3) is 0.625. The second kappa shape index (κ2) is 7.18. The van der Waals surface area contributed by atoms with Crippen molar-refractivity contribution in [3.8, 4) is 11.5 Å². The van der Waals surface area contributed by atoms with E-state index in [1.54, 1.807) is 14.2 Å². The topological polar surface area (TPSA) is 18.5 Å². The van der Waals surface area contributed by atoms with Crippen LogP contribution in [0.3, 0.4) is 0 Å². The van der Waals surface area contributed by atoms with Crippen LogP contribution in [-0.4, -0.2) is 14.2 Å². The number of benzene rings is 1. The van der Waals surface area contributed by atoms with Gasteiger partial charge < -0.3 is 9.47 Å². The summed E-state index contributed by atoms with van der Waals surface area (Å²) in [5.74, 6) is 2.61. The normalized spacial score (nSPS) is 18.1. The maximum absolute atomic E-state index is 5.49. The summed E-state index contributed by atoms with van der Waals surface area (Å²) in [6.07, 6.45) is 8.15. The van der Waals surface area contributed by atoms with E-state index in [1.807, 2.05) is 12.1 Å². The van der Waals surface area contributed by atoms with Crippen LogP contribution in [0.5, 0.6) is 11.5 Å². The van der Waals surface area contributed by atoms with E-state index in [2.05, 4.69) is 22.0 Å². The highest BCUT2D eigenvalue weighted by molar-refractivity contribution is 9.09. The lowest BCUT2D eigenvalue weighted by molar-refractivity contribution is 0.335. The molecule has 1 fully saturated rings. The molecule has 2 nitrogen and oxygen atoms in total. The van der Waals surface area contributed by atoms with Crippen molar-refractivity contribution in [2.24, 2.45) is 5.92 Å². The molecule has 0 aliphatic heterocycles. The van der Waals surface area contributed by atoms with Gasteiger partial charge in [0.25, 0.3) is 0 Å². The van der Waals surface area contributed by atoms with Crippen LogP contribution in [-0.2, 0) is 0 Å². The van der Waals surface area contributed by atoms with E-state index >= 15 is 0 Å². The van der Waals surface area contributed by atoms with E-state index in [0.717, 1.165) is 17.4 Å². The Hall–Kier alpha value is -0.700.